The molecule has 1 aliphatic heterocycles. The van der Waals surface area contributed by atoms with E-state index in [2.05, 4.69) is 13.8 Å². The lowest BCUT2D eigenvalue weighted by molar-refractivity contribution is -0.188. The van der Waals surface area contributed by atoms with E-state index in [1.807, 2.05) is 30.3 Å². The summed E-state index contributed by atoms with van der Waals surface area (Å²) in [5, 5.41) is 0. The van der Waals surface area contributed by atoms with Gasteiger partial charge < -0.3 is 4.74 Å². The minimum atomic E-state index is -3.60. The monoisotopic (exact) mass is 466 g/mol. The second-order valence-electron chi connectivity index (χ2n) is 9.26. The molecule has 180 valence electrons. The minimum absolute atomic E-state index is 0.224. The Balaban J connectivity index is 1.59. The van der Waals surface area contributed by atoms with Gasteiger partial charge in [0, 0.05) is 5.56 Å². The van der Waals surface area contributed by atoms with Crippen LogP contribution < -0.4 is 4.74 Å². The standard InChI is InChI=1S/C30H33F3O/c1-3-5-6-7-8-9-11-23-16-19-26-25-18-17-24(22-14-12-21(10-4-2)13-15-22)20-27(25)30(32,33)34-29(26)28(23)31/h12-20H,3-11H2,1-2H3. The van der Waals surface area contributed by atoms with Crippen molar-refractivity contribution in [1.29, 1.82) is 0 Å². The van der Waals surface area contributed by atoms with Crippen molar-refractivity contribution in [2.24, 2.45) is 0 Å². The molecular weight excluding hydrogens is 433 g/mol. The van der Waals surface area contributed by atoms with Gasteiger partial charge in [-0.25, -0.2) is 4.39 Å². The highest BCUT2D eigenvalue weighted by Crippen LogP contribution is 2.49. The number of hydrogen-bond donors (Lipinski definition) is 0. The number of ether oxygens (including phenoxy) is 1. The van der Waals surface area contributed by atoms with E-state index in [0.717, 1.165) is 37.7 Å². The molecule has 0 amide bonds. The molecule has 1 heterocycles. The molecule has 0 aromatic heterocycles. The summed E-state index contributed by atoms with van der Waals surface area (Å²) in [5.41, 5.74) is 3.70. The minimum Gasteiger partial charge on any atom is -0.425 e. The first-order valence-corrected chi connectivity index (χ1v) is 12.6. The van der Waals surface area contributed by atoms with Crippen molar-refractivity contribution in [3.63, 3.8) is 0 Å². The molecule has 0 saturated heterocycles. The average molecular weight is 467 g/mol. The van der Waals surface area contributed by atoms with Crippen molar-refractivity contribution in [2.75, 3.05) is 0 Å². The Bertz CT molecular complexity index is 1120. The summed E-state index contributed by atoms with van der Waals surface area (Å²) in [7, 11) is 0. The molecular formula is C30H33F3O. The molecule has 0 atom stereocenters. The van der Waals surface area contributed by atoms with Gasteiger partial charge in [0.25, 0.3) is 0 Å². The van der Waals surface area contributed by atoms with E-state index < -0.39 is 11.9 Å². The maximum Gasteiger partial charge on any atom is 0.427 e. The quantitative estimate of drug-likeness (QED) is 0.270. The average Bonchev–Trinajstić information content (AvgIpc) is 2.83. The maximum absolute atomic E-state index is 15.2. The van der Waals surface area contributed by atoms with Crippen LogP contribution in [0.3, 0.4) is 0 Å². The molecule has 4 rings (SSSR count). The van der Waals surface area contributed by atoms with Crippen LogP contribution >= 0.6 is 0 Å². The molecule has 3 aromatic carbocycles. The summed E-state index contributed by atoms with van der Waals surface area (Å²) in [4.78, 5) is 0. The number of rotatable bonds is 10. The largest absolute Gasteiger partial charge is 0.427 e. The highest BCUT2D eigenvalue weighted by molar-refractivity contribution is 5.80. The third kappa shape index (κ3) is 5.16. The number of aryl methyl sites for hydroxylation is 2. The van der Waals surface area contributed by atoms with Crippen molar-refractivity contribution in [2.45, 2.75) is 77.7 Å². The molecule has 0 aliphatic carbocycles. The molecule has 0 saturated carbocycles. The number of halogens is 3. The van der Waals surface area contributed by atoms with Crippen LogP contribution in [0.15, 0.2) is 54.6 Å². The third-order valence-electron chi connectivity index (χ3n) is 6.66. The fourth-order valence-corrected chi connectivity index (χ4v) is 4.73. The number of alkyl halides is 2. The van der Waals surface area contributed by atoms with Crippen LogP contribution in [0.2, 0.25) is 0 Å². The smallest absolute Gasteiger partial charge is 0.425 e. The number of benzene rings is 3. The van der Waals surface area contributed by atoms with Gasteiger partial charge in [0.05, 0.1) is 5.56 Å². The molecule has 0 fully saturated rings. The van der Waals surface area contributed by atoms with Crippen LogP contribution in [0.4, 0.5) is 13.2 Å². The predicted molar refractivity (Wildman–Crippen MR) is 133 cm³/mol. The summed E-state index contributed by atoms with van der Waals surface area (Å²) in [6.07, 6.45) is 5.51. The highest BCUT2D eigenvalue weighted by Gasteiger charge is 2.43. The molecule has 34 heavy (non-hydrogen) atoms. The molecule has 1 nitrogen and oxygen atoms in total. The SMILES string of the molecule is CCCCCCCCc1ccc2c(c1F)OC(F)(F)c1cc(-c3ccc(CCC)cc3)ccc1-2. The predicted octanol–water partition coefficient (Wildman–Crippen LogP) is 9.46. The van der Waals surface area contributed by atoms with Crippen molar-refractivity contribution in [1.82, 2.24) is 0 Å². The van der Waals surface area contributed by atoms with Crippen LogP contribution in [0, 0.1) is 5.82 Å². The number of unbranched alkanes of at least 4 members (excludes halogenated alkanes) is 5. The van der Waals surface area contributed by atoms with Gasteiger partial charge in [-0.1, -0.05) is 101 Å². The van der Waals surface area contributed by atoms with Crippen LogP contribution in [0.25, 0.3) is 22.3 Å². The fourth-order valence-electron chi connectivity index (χ4n) is 4.73. The first-order valence-electron chi connectivity index (χ1n) is 12.6. The zero-order valence-electron chi connectivity index (χ0n) is 20.1. The van der Waals surface area contributed by atoms with Gasteiger partial charge in [-0.05, 0) is 53.1 Å². The normalized spacial score (nSPS) is 13.8. The first-order chi connectivity index (χ1) is 16.4. The van der Waals surface area contributed by atoms with Crippen LogP contribution in [0.1, 0.15) is 75.5 Å². The van der Waals surface area contributed by atoms with Gasteiger partial charge in [-0.2, -0.15) is 8.78 Å². The lowest BCUT2D eigenvalue weighted by Crippen LogP contribution is -2.27. The van der Waals surface area contributed by atoms with Crippen molar-refractivity contribution >= 4 is 0 Å². The summed E-state index contributed by atoms with van der Waals surface area (Å²) in [6.45, 7) is 4.29. The second-order valence-corrected chi connectivity index (χ2v) is 9.26. The van der Waals surface area contributed by atoms with E-state index in [9.17, 15) is 0 Å². The van der Waals surface area contributed by atoms with Gasteiger partial charge in [0.15, 0.2) is 11.6 Å². The Kier molecular flexibility index (Phi) is 7.65. The van der Waals surface area contributed by atoms with Crippen molar-refractivity contribution in [3.8, 4) is 28.0 Å². The van der Waals surface area contributed by atoms with Crippen LogP contribution in [-0.4, -0.2) is 0 Å². The molecule has 0 unspecified atom stereocenters. The lowest BCUT2D eigenvalue weighted by atomic mass is 9.90. The van der Waals surface area contributed by atoms with E-state index in [-0.39, 0.29) is 11.3 Å². The molecule has 3 aromatic rings. The van der Waals surface area contributed by atoms with E-state index in [1.54, 1.807) is 18.2 Å². The summed E-state index contributed by atoms with van der Waals surface area (Å²) >= 11 is 0. The van der Waals surface area contributed by atoms with Gasteiger partial charge in [0.1, 0.15) is 0 Å². The van der Waals surface area contributed by atoms with E-state index in [0.29, 0.717) is 28.7 Å². The Morgan fingerprint density at radius 2 is 1.38 bits per heavy atom. The second kappa shape index (κ2) is 10.7. The highest BCUT2D eigenvalue weighted by atomic mass is 19.3. The Labute approximate surface area is 201 Å². The summed E-state index contributed by atoms with van der Waals surface area (Å²) in [5.74, 6) is -0.996. The van der Waals surface area contributed by atoms with Crippen molar-refractivity contribution in [3.05, 3.63) is 77.1 Å². The third-order valence-corrected chi connectivity index (χ3v) is 6.66. The van der Waals surface area contributed by atoms with E-state index in [1.165, 1.54) is 30.9 Å². The zero-order chi connectivity index (χ0) is 24.1. The van der Waals surface area contributed by atoms with Gasteiger partial charge in [-0.15, -0.1) is 0 Å². The number of fused-ring (bicyclic) bond motifs is 3. The first kappa shape index (κ1) is 24.4. The molecule has 0 N–H and O–H groups in total. The molecule has 1 aliphatic rings. The molecule has 0 bridgehead atoms. The zero-order valence-corrected chi connectivity index (χ0v) is 20.1. The van der Waals surface area contributed by atoms with Gasteiger partial charge in [-0.3, -0.25) is 0 Å². The van der Waals surface area contributed by atoms with Crippen LogP contribution in [0.5, 0.6) is 5.75 Å². The Morgan fingerprint density at radius 3 is 2.12 bits per heavy atom. The Morgan fingerprint density at radius 1 is 0.706 bits per heavy atom. The summed E-state index contributed by atoms with van der Waals surface area (Å²) in [6, 6.07) is 16.4. The van der Waals surface area contributed by atoms with E-state index >= 15 is 13.2 Å². The molecule has 4 heteroatoms. The molecule has 0 radical (unpaired) electrons. The summed E-state index contributed by atoms with van der Waals surface area (Å²) < 4.78 is 50.4. The Hall–Kier alpha value is -2.75. The van der Waals surface area contributed by atoms with Gasteiger partial charge >= 0.3 is 6.11 Å². The number of hydrogen-bond acceptors (Lipinski definition) is 1. The van der Waals surface area contributed by atoms with Crippen LogP contribution in [-0.2, 0) is 19.0 Å². The van der Waals surface area contributed by atoms with E-state index in [4.69, 9.17) is 4.74 Å². The topological polar surface area (TPSA) is 9.23 Å². The molecule has 0 spiro atoms. The fraction of sp³-hybridized carbons (Fsp3) is 0.400. The lowest BCUT2D eigenvalue weighted by Gasteiger charge is -2.29. The van der Waals surface area contributed by atoms with Crippen molar-refractivity contribution < 1.29 is 17.9 Å². The van der Waals surface area contributed by atoms with Gasteiger partial charge in [0.2, 0.25) is 0 Å². The maximum atomic E-state index is 15.2.